The van der Waals surface area contributed by atoms with Crippen LogP contribution in [0.15, 0.2) is 11.6 Å². The normalized spacial score (nSPS) is 54.2. The van der Waals surface area contributed by atoms with Crippen molar-refractivity contribution in [2.45, 2.75) is 92.0 Å². The highest BCUT2D eigenvalue weighted by Crippen LogP contribution is 2.73. The van der Waals surface area contributed by atoms with Crippen LogP contribution in [0.5, 0.6) is 0 Å². The first kappa shape index (κ1) is 21.0. The van der Waals surface area contributed by atoms with Crippen LogP contribution in [0.25, 0.3) is 0 Å². The van der Waals surface area contributed by atoms with Gasteiger partial charge < -0.3 is 14.6 Å². The summed E-state index contributed by atoms with van der Waals surface area (Å²) in [5.74, 6) is 1.16. The van der Waals surface area contributed by atoms with Crippen molar-refractivity contribution >= 4 is 5.97 Å². The van der Waals surface area contributed by atoms with E-state index in [2.05, 4.69) is 40.7 Å². The molecule has 168 valence electrons. The van der Waals surface area contributed by atoms with Crippen molar-refractivity contribution in [1.29, 1.82) is 0 Å². The Morgan fingerprint density at radius 2 is 1.73 bits per heavy atom. The van der Waals surface area contributed by atoms with E-state index in [9.17, 15) is 9.90 Å². The minimum absolute atomic E-state index is 0.165. The second-order valence-corrected chi connectivity index (χ2v) is 12.5. The summed E-state index contributed by atoms with van der Waals surface area (Å²) < 4.78 is 11.2. The first-order chi connectivity index (χ1) is 14.0. The Balaban J connectivity index is 1.59. The molecule has 5 rings (SSSR count). The third-order valence-corrected chi connectivity index (χ3v) is 11.1. The highest BCUT2D eigenvalue weighted by Gasteiger charge is 2.70. The minimum atomic E-state index is -0.577. The summed E-state index contributed by atoms with van der Waals surface area (Å²) in [4.78, 5) is 12.5. The van der Waals surface area contributed by atoms with Gasteiger partial charge >= 0.3 is 5.97 Å². The number of rotatable bonds is 1. The van der Waals surface area contributed by atoms with E-state index < -0.39 is 17.8 Å². The van der Waals surface area contributed by atoms with E-state index in [4.69, 9.17) is 9.47 Å². The monoisotopic (exact) mass is 416 g/mol. The Hall–Kier alpha value is -0.870. The predicted molar refractivity (Wildman–Crippen MR) is 115 cm³/mol. The summed E-state index contributed by atoms with van der Waals surface area (Å²) in [6.45, 7) is 12.2. The first-order valence-corrected chi connectivity index (χ1v) is 12.1. The number of aliphatic hydroxyl groups excluding tert-OH is 1. The van der Waals surface area contributed by atoms with E-state index in [0.717, 1.165) is 24.3 Å². The maximum Gasteiger partial charge on any atom is 0.336 e. The van der Waals surface area contributed by atoms with E-state index >= 15 is 0 Å². The number of methoxy groups -OCH3 is 1. The molecule has 30 heavy (non-hydrogen) atoms. The van der Waals surface area contributed by atoms with E-state index in [1.165, 1.54) is 32.1 Å². The van der Waals surface area contributed by atoms with E-state index in [-0.39, 0.29) is 22.7 Å². The molecule has 0 aromatic heterocycles. The van der Waals surface area contributed by atoms with E-state index in [1.54, 1.807) is 7.11 Å². The summed E-state index contributed by atoms with van der Waals surface area (Å²) in [6.07, 6.45) is 9.20. The molecule has 4 nitrogen and oxygen atoms in total. The van der Waals surface area contributed by atoms with Crippen LogP contribution in [0, 0.1) is 45.3 Å². The largest absolute Gasteiger partial charge is 0.432 e. The van der Waals surface area contributed by atoms with Gasteiger partial charge in [0.05, 0.1) is 12.0 Å². The molecule has 4 aliphatic carbocycles. The van der Waals surface area contributed by atoms with Gasteiger partial charge in [0.15, 0.2) is 0 Å². The number of cyclic esters (lactones) is 1. The number of carbonyl (C=O) groups is 1. The molecule has 9 atom stereocenters. The lowest BCUT2D eigenvalue weighted by Crippen LogP contribution is -2.66. The van der Waals surface area contributed by atoms with Gasteiger partial charge in [0.25, 0.3) is 0 Å². The van der Waals surface area contributed by atoms with E-state index in [0.29, 0.717) is 17.3 Å². The Kier molecular flexibility index (Phi) is 4.44. The van der Waals surface area contributed by atoms with Gasteiger partial charge in [-0.3, -0.25) is 0 Å². The molecule has 0 aromatic rings. The number of esters is 1. The lowest BCUT2D eigenvalue weighted by Gasteiger charge is -2.70. The number of hydrogen-bond donors (Lipinski definition) is 1. The van der Waals surface area contributed by atoms with Crippen molar-refractivity contribution in [2.75, 3.05) is 7.11 Å². The molecule has 4 heteroatoms. The molecule has 0 bridgehead atoms. The van der Waals surface area contributed by atoms with Gasteiger partial charge in [-0.15, -0.1) is 0 Å². The Morgan fingerprint density at radius 1 is 1.03 bits per heavy atom. The lowest BCUT2D eigenvalue weighted by atomic mass is 9.34. The van der Waals surface area contributed by atoms with Crippen molar-refractivity contribution < 1.29 is 19.4 Å². The summed E-state index contributed by atoms with van der Waals surface area (Å²) in [5, 5.41) is 11.7. The molecule has 4 fully saturated rings. The zero-order valence-electron chi connectivity index (χ0n) is 19.7. The second-order valence-electron chi connectivity index (χ2n) is 12.5. The number of carbonyl (C=O) groups excluding carboxylic acids is 1. The molecule has 1 saturated heterocycles. The van der Waals surface area contributed by atoms with Gasteiger partial charge in [0.1, 0.15) is 0 Å². The van der Waals surface area contributed by atoms with Gasteiger partial charge in [0, 0.05) is 18.1 Å². The number of aliphatic hydroxyl groups is 1. The highest BCUT2D eigenvalue weighted by molar-refractivity contribution is 5.91. The van der Waals surface area contributed by atoms with Crippen molar-refractivity contribution in [3.8, 4) is 0 Å². The Labute approximate surface area is 181 Å². The lowest BCUT2D eigenvalue weighted by molar-refractivity contribution is -0.249. The van der Waals surface area contributed by atoms with Crippen molar-refractivity contribution in [1.82, 2.24) is 0 Å². The fourth-order valence-corrected chi connectivity index (χ4v) is 9.79. The van der Waals surface area contributed by atoms with Crippen molar-refractivity contribution in [3.05, 3.63) is 11.6 Å². The van der Waals surface area contributed by atoms with Crippen LogP contribution in [-0.4, -0.2) is 30.6 Å². The molecule has 0 radical (unpaired) electrons. The summed E-state index contributed by atoms with van der Waals surface area (Å²) in [5.41, 5.74) is 1.17. The maximum absolute atomic E-state index is 12.5. The van der Waals surface area contributed by atoms with Gasteiger partial charge in [-0.1, -0.05) is 47.1 Å². The van der Waals surface area contributed by atoms with Crippen molar-refractivity contribution in [3.63, 3.8) is 0 Å². The number of ether oxygens (including phenoxy) is 2. The van der Waals surface area contributed by atoms with Crippen LogP contribution in [0.4, 0.5) is 0 Å². The predicted octanol–water partition coefficient (Wildman–Crippen LogP) is 5.10. The fraction of sp³-hybridized carbons (Fsp3) is 0.885. The number of allylic oxidation sites excluding steroid dienone is 1. The SMILES string of the molecule is CO[C@@H]1OC(=O)C2=CCC3[C@]4(C)CCC5C(C)(C)CCC[C@]5(C)C4C[C@@H](O)[C@]3(C)[C@H]21. The smallest absolute Gasteiger partial charge is 0.336 e. The van der Waals surface area contributed by atoms with Crippen LogP contribution >= 0.6 is 0 Å². The average molecular weight is 417 g/mol. The quantitative estimate of drug-likeness (QED) is 0.604. The third-order valence-electron chi connectivity index (χ3n) is 11.1. The molecule has 3 unspecified atom stereocenters. The molecule has 0 aromatic carbocycles. The van der Waals surface area contributed by atoms with Crippen LogP contribution in [0.2, 0.25) is 0 Å². The molecule has 0 amide bonds. The molecule has 1 aliphatic heterocycles. The topological polar surface area (TPSA) is 55.8 Å². The molecular weight excluding hydrogens is 376 g/mol. The minimum Gasteiger partial charge on any atom is -0.432 e. The Bertz CT molecular complexity index is 786. The van der Waals surface area contributed by atoms with Crippen molar-refractivity contribution in [2.24, 2.45) is 45.3 Å². The number of fused-ring (bicyclic) bond motifs is 7. The zero-order valence-corrected chi connectivity index (χ0v) is 19.7. The summed E-state index contributed by atoms with van der Waals surface area (Å²) in [6, 6.07) is 0. The average Bonchev–Trinajstić information content (AvgIpc) is 3.00. The zero-order chi connectivity index (χ0) is 21.7. The standard InChI is InChI=1S/C26H40O4/c1-23(2)11-7-12-24(3)16(23)10-13-25(4)17-9-8-15-20(22(29-6)30-21(15)28)26(17,5)19(27)14-18(24)25/h8,16-20,22,27H,7,9-14H2,1-6H3/t16?,17?,18?,19-,20-,22-,24+,25+,26-/m1/s1. The molecule has 1 N–H and O–H groups in total. The van der Waals surface area contributed by atoms with Gasteiger partial charge in [0.2, 0.25) is 6.29 Å². The maximum atomic E-state index is 12.5. The molecule has 3 saturated carbocycles. The summed E-state index contributed by atoms with van der Waals surface area (Å²) in [7, 11) is 1.62. The van der Waals surface area contributed by atoms with Crippen LogP contribution in [-0.2, 0) is 14.3 Å². The second kappa shape index (κ2) is 6.34. The van der Waals surface area contributed by atoms with Gasteiger partial charge in [-0.25, -0.2) is 4.79 Å². The van der Waals surface area contributed by atoms with Crippen LogP contribution in [0.1, 0.15) is 79.6 Å². The molecular formula is C26H40O4. The van der Waals surface area contributed by atoms with Crippen LogP contribution < -0.4 is 0 Å². The summed E-state index contributed by atoms with van der Waals surface area (Å²) >= 11 is 0. The molecule has 5 aliphatic rings. The highest BCUT2D eigenvalue weighted by atomic mass is 16.7. The van der Waals surface area contributed by atoms with E-state index in [1.807, 2.05) is 0 Å². The van der Waals surface area contributed by atoms with Crippen LogP contribution in [0.3, 0.4) is 0 Å². The van der Waals surface area contributed by atoms with Gasteiger partial charge in [-0.2, -0.15) is 0 Å². The Morgan fingerprint density at radius 3 is 2.43 bits per heavy atom. The van der Waals surface area contributed by atoms with Gasteiger partial charge in [-0.05, 0) is 72.5 Å². The number of hydrogen-bond acceptors (Lipinski definition) is 4. The first-order valence-electron chi connectivity index (χ1n) is 12.1. The molecule has 1 heterocycles. The third kappa shape index (κ3) is 2.38. The fourth-order valence-electron chi connectivity index (χ4n) is 9.79. The molecule has 0 spiro atoms.